The molecule has 0 bridgehead atoms. The molecule has 3 nitrogen and oxygen atoms in total. The molecule has 0 amide bonds. The van der Waals surface area contributed by atoms with Crippen LogP contribution in [0, 0.1) is 0 Å². The fourth-order valence-corrected chi connectivity index (χ4v) is 8.24. The van der Waals surface area contributed by atoms with Crippen LogP contribution in [0.1, 0.15) is 72.6 Å². The maximum Gasteiger partial charge on any atom is 0.160 e. The standard InChI is InChI=1S/C47H38N2O/c1-46(2)36-21-13-11-19-34(36)44(35-20-12-14-22-37(35)46)33-24-26-39-43(28-33)50-42-27-32(23-25-38(42)47(39,3)4)41-29-40(30-15-7-5-8-16-30)48-45(49-41)31-17-9-6-10-18-31/h5-29,44H,1-4H3. The second-order valence-corrected chi connectivity index (χ2v) is 14.6. The van der Waals surface area contributed by atoms with Crippen molar-refractivity contribution in [1.82, 2.24) is 9.97 Å². The predicted molar refractivity (Wildman–Crippen MR) is 203 cm³/mol. The molecule has 0 saturated carbocycles. The maximum absolute atomic E-state index is 6.91. The summed E-state index contributed by atoms with van der Waals surface area (Å²) in [6.45, 7) is 9.28. The van der Waals surface area contributed by atoms with Gasteiger partial charge in [-0.3, -0.25) is 0 Å². The minimum atomic E-state index is -0.250. The molecule has 0 saturated heterocycles. The first kappa shape index (κ1) is 30.3. The van der Waals surface area contributed by atoms with E-state index in [1.165, 1.54) is 33.4 Å². The van der Waals surface area contributed by atoms with Crippen LogP contribution in [-0.4, -0.2) is 9.97 Å². The van der Waals surface area contributed by atoms with E-state index in [-0.39, 0.29) is 16.7 Å². The Bertz CT molecular complexity index is 2300. The Hall–Kier alpha value is -5.80. The summed E-state index contributed by atoms with van der Waals surface area (Å²) in [6, 6.07) is 53.9. The summed E-state index contributed by atoms with van der Waals surface area (Å²) < 4.78 is 6.91. The van der Waals surface area contributed by atoms with Gasteiger partial charge >= 0.3 is 0 Å². The largest absolute Gasteiger partial charge is 0.457 e. The molecule has 1 aliphatic carbocycles. The van der Waals surface area contributed by atoms with Gasteiger partial charge in [0.2, 0.25) is 0 Å². The highest BCUT2D eigenvalue weighted by Gasteiger charge is 2.39. The van der Waals surface area contributed by atoms with E-state index >= 15 is 0 Å². The van der Waals surface area contributed by atoms with Crippen LogP contribution < -0.4 is 4.74 Å². The summed E-state index contributed by atoms with van der Waals surface area (Å²) in [7, 11) is 0. The van der Waals surface area contributed by atoms with Gasteiger partial charge in [0.15, 0.2) is 5.82 Å². The van der Waals surface area contributed by atoms with Crippen molar-refractivity contribution >= 4 is 0 Å². The second kappa shape index (κ2) is 11.4. The molecule has 2 aliphatic rings. The van der Waals surface area contributed by atoms with E-state index < -0.39 is 0 Å². The molecule has 3 heteroatoms. The van der Waals surface area contributed by atoms with Gasteiger partial charge in [-0.05, 0) is 46.0 Å². The number of aromatic nitrogens is 2. The average molecular weight is 647 g/mol. The monoisotopic (exact) mass is 646 g/mol. The molecule has 0 fully saturated rings. The van der Waals surface area contributed by atoms with E-state index in [1.807, 2.05) is 36.4 Å². The van der Waals surface area contributed by atoms with Crippen molar-refractivity contribution in [2.75, 3.05) is 0 Å². The zero-order valence-electron chi connectivity index (χ0n) is 28.8. The molecule has 0 radical (unpaired) electrons. The van der Waals surface area contributed by atoms with Gasteiger partial charge in [-0.15, -0.1) is 0 Å². The molecule has 1 aromatic heterocycles. The molecule has 0 unspecified atom stereocenters. The highest BCUT2D eigenvalue weighted by atomic mass is 16.5. The molecule has 0 atom stereocenters. The van der Waals surface area contributed by atoms with Crippen LogP contribution in [-0.2, 0) is 10.8 Å². The number of fused-ring (bicyclic) bond motifs is 4. The first-order chi connectivity index (χ1) is 24.3. The summed E-state index contributed by atoms with van der Waals surface area (Å²) in [4.78, 5) is 10.1. The van der Waals surface area contributed by atoms with Crippen LogP contribution >= 0.6 is 0 Å². The van der Waals surface area contributed by atoms with Gasteiger partial charge in [-0.2, -0.15) is 0 Å². The van der Waals surface area contributed by atoms with Gasteiger partial charge in [0.25, 0.3) is 0 Å². The molecule has 7 aromatic rings. The first-order valence-electron chi connectivity index (χ1n) is 17.4. The number of benzene rings is 6. The van der Waals surface area contributed by atoms with Crippen LogP contribution in [0.4, 0.5) is 0 Å². The normalized spacial score (nSPS) is 15.2. The fourth-order valence-electron chi connectivity index (χ4n) is 8.24. The second-order valence-electron chi connectivity index (χ2n) is 14.6. The topological polar surface area (TPSA) is 35.0 Å². The van der Waals surface area contributed by atoms with Gasteiger partial charge in [0, 0.05) is 44.6 Å². The zero-order chi connectivity index (χ0) is 34.0. The van der Waals surface area contributed by atoms with Crippen molar-refractivity contribution in [3.63, 3.8) is 0 Å². The number of nitrogens with zero attached hydrogens (tertiary/aromatic N) is 2. The Morgan fingerprint density at radius 1 is 0.440 bits per heavy atom. The molecule has 6 aromatic carbocycles. The number of hydrogen-bond donors (Lipinski definition) is 0. The van der Waals surface area contributed by atoms with Crippen LogP contribution in [0.2, 0.25) is 0 Å². The predicted octanol–water partition coefficient (Wildman–Crippen LogP) is 11.7. The van der Waals surface area contributed by atoms with Crippen LogP contribution in [0.25, 0.3) is 33.9 Å². The first-order valence-corrected chi connectivity index (χ1v) is 17.4. The van der Waals surface area contributed by atoms with Gasteiger partial charge in [0.05, 0.1) is 11.4 Å². The van der Waals surface area contributed by atoms with Gasteiger partial charge in [0.1, 0.15) is 11.5 Å². The van der Waals surface area contributed by atoms with E-state index in [0.717, 1.165) is 45.1 Å². The zero-order valence-corrected chi connectivity index (χ0v) is 28.8. The number of hydrogen-bond acceptors (Lipinski definition) is 3. The molecule has 2 heterocycles. The lowest BCUT2D eigenvalue weighted by Crippen LogP contribution is -2.30. The van der Waals surface area contributed by atoms with E-state index in [9.17, 15) is 0 Å². The van der Waals surface area contributed by atoms with Crippen molar-refractivity contribution in [3.8, 4) is 45.4 Å². The summed E-state index contributed by atoms with van der Waals surface area (Å²) in [5.41, 5.74) is 13.5. The van der Waals surface area contributed by atoms with Gasteiger partial charge in [-0.25, -0.2) is 9.97 Å². The van der Waals surface area contributed by atoms with Crippen molar-refractivity contribution in [2.45, 2.75) is 44.4 Å². The number of ether oxygens (including phenoxy) is 1. The van der Waals surface area contributed by atoms with E-state index in [4.69, 9.17) is 14.7 Å². The minimum Gasteiger partial charge on any atom is -0.457 e. The highest BCUT2D eigenvalue weighted by Crippen LogP contribution is 2.53. The Balaban J connectivity index is 1.15. The molecule has 1 aliphatic heterocycles. The summed E-state index contributed by atoms with van der Waals surface area (Å²) >= 11 is 0. The lowest BCUT2D eigenvalue weighted by molar-refractivity contribution is 0.417. The SMILES string of the molecule is CC1(C)c2ccc(-c3cc(-c4ccccc4)nc(-c4ccccc4)n3)cc2Oc2cc(C3c4ccccc4C(C)(C)c4ccccc43)ccc21. The molecule has 242 valence electrons. The smallest absolute Gasteiger partial charge is 0.160 e. The Kier molecular flexibility index (Phi) is 6.89. The van der Waals surface area contributed by atoms with E-state index in [2.05, 4.69) is 143 Å². The third-order valence-electron chi connectivity index (χ3n) is 10.9. The van der Waals surface area contributed by atoms with Crippen molar-refractivity contribution in [3.05, 3.63) is 191 Å². The van der Waals surface area contributed by atoms with Crippen LogP contribution in [0.15, 0.2) is 152 Å². The Labute approximate surface area is 294 Å². The van der Waals surface area contributed by atoms with Crippen LogP contribution in [0.3, 0.4) is 0 Å². The molecule has 9 rings (SSSR count). The minimum absolute atomic E-state index is 0.0759. The Morgan fingerprint density at radius 2 is 0.940 bits per heavy atom. The van der Waals surface area contributed by atoms with Crippen molar-refractivity contribution in [1.29, 1.82) is 0 Å². The fraction of sp³-hybridized carbons (Fsp3) is 0.149. The van der Waals surface area contributed by atoms with Crippen LogP contribution in [0.5, 0.6) is 11.5 Å². The summed E-state index contributed by atoms with van der Waals surface area (Å²) in [6.07, 6.45) is 0. The third-order valence-corrected chi connectivity index (χ3v) is 10.9. The van der Waals surface area contributed by atoms with Crippen molar-refractivity contribution in [2.24, 2.45) is 0 Å². The molecular weight excluding hydrogens is 609 g/mol. The Morgan fingerprint density at radius 3 is 1.58 bits per heavy atom. The summed E-state index contributed by atoms with van der Waals surface area (Å²) in [5, 5.41) is 0. The third kappa shape index (κ3) is 4.80. The van der Waals surface area contributed by atoms with Gasteiger partial charge < -0.3 is 4.74 Å². The quantitative estimate of drug-likeness (QED) is 0.191. The van der Waals surface area contributed by atoms with Crippen molar-refractivity contribution < 1.29 is 4.74 Å². The highest BCUT2D eigenvalue weighted by molar-refractivity contribution is 5.74. The molecule has 50 heavy (non-hydrogen) atoms. The average Bonchev–Trinajstić information content (AvgIpc) is 3.15. The van der Waals surface area contributed by atoms with Gasteiger partial charge in [-0.1, -0.05) is 161 Å². The lowest BCUT2D eigenvalue weighted by atomic mass is 9.63. The van der Waals surface area contributed by atoms with E-state index in [0.29, 0.717) is 5.82 Å². The lowest BCUT2D eigenvalue weighted by Gasteiger charge is -2.40. The van der Waals surface area contributed by atoms with E-state index in [1.54, 1.807) is 0 Å². The number of rotatable bonds is 4. The summed E-state index contributed by atoms with van der Waals surface area (Å²) in [5.74, 6) is 2.60. The molecular formula is C47H38N2O. The molecule has 0 N–H and O–H groups in total. The molecule has 0 spiro atoms. The maximum atomic E-state index is 6.91.